The van der Waals surface area contributed by atoms with Crippen molar-refractivity contribution in [1.82, 2.24) is 4.90 Å². The fourth-order valence-electron chi connectivity index (χ4n) is 1.62. The lowest BCUT2D eigenvalue weighted by atomic mass is 10.3. The Bertz CT molecular complexity index is 271. The van der Waals surface area contributed by atoms with Crippen LogP contribution in [0.4, 0.5) is 0 Å². The van der Waals surface area contributed by atoms with Crippen LogP contribution in [0.3, 0.4) is 0 Å². The molecule has 1 aliphatic heterocycles. The summed E-state index contributed by atoms with van der Waals surface area (Å²) in [5.74, 6) is 0.624. The van der Waals surface area contributed by atoms with Crippen LogP contribution in [0, 0.1) is 0 Å². The minimum atomic E-state index is -2.76. The first kappa shape index (κ1) is 10.7. The lowest BCUT2D eigenvalue weighted by Crippen LogP contribution is -2.46. The highest BCUT2D eigenvalue weighted by molar-refractivity contribution is 7.91. The molecule has 4 heteroatoms. The van der Waals surface area contributed by atoms with Crippen molar-refractivity contribution in [2.75, 3.05) is 24.6 Å². The van der Waals surface area contributed by atoms with Crippen LogP contribution in [0.1, 0.15) is 13.3 Å². The largest absolute Gasteiger partial charge is 0.298 e. The smallest absolute Gasteiger partial charge is 0.153 e. The first-order chi connectivity index (χ1) is 6.05. The summed E-state index contributed by atoms with van der Waals surface area (Å²) in [4.78, 5) is 2.21. The van der Waals surface area contributed by atoms with Crippen LogP contribution >= 0.6 is 0 Å². The number of hydrogen-bond donors (Lipinski definition) is 0. The second-order valence-corrected chi connectivity index (χ2v) is 5.81. The van der Waals surface area contributed by atoms with E-state index < -0.39 is 9.84 Å². The minimum Gasteiger partial charge on any atom is -0.298 e. The van der Waals surface area contributed by atoms with Gasteiger partial charge < -0.3 is 0 Å². The molecular weight excluding hydrogens is 186 g/mol. The van der Waals surface area contributed by atoms with E-state index in [9.17, 15) is 8.42 Å². The van der Waals surface area contributed by atoms with Crippen LogP contribution in [0.5, 0.6) is 0 Å². The Morgan fingerprint density at radius 1 is 1.62 bits per heavy atom. The van der Waals surface area contributed by atoms with Crippen LogP contribution in [0.15, 0.2) is 12.7 Å². The van der Waals surface area contributed by atoms with Crippen molar-refractivity contribution in [2.24, 2.45) is 0 Å². The quantitative estimate of drug-likeness (QED) is 0.633. The van der Waals surface area contributed by atoms with Gasteiger partial charge in [0.2, 0.25) is 0 Å². The van der Waals surface area contributed by atoms with Crippen LogP contribution < -0.4 is 0 Å². The summed E-state index contributed by atoms with van der Waals surface area (Å²) in [6.07, 6.45) is 2.81. The van der Waals surface area contributed by atoms with Crippen molar-refractivity contribution in [1.29, 1.82) is 0 Å². The van der Waals surface area contributed by atoms with E-state index in [1.807, 2.05) is 13.0 Å². The third-order valence-corrected chi connectivity index (χ3v) is 4.22. The summed E-state index contributed by atoms with van der Waals surface area (Å²) in [6, 6.07) is 0.165. The van der Waals surface area contributed by atoms with E-state index in [-0.39, 0.29) is 6.04 Å². The topological polar surface area (TPSA) is 37.4 Å². The zero-order valence-electron chi connectivity index (χ0n) is 8.07. The van der Waals surface area contributed by atoms with Gasteiger partial charge in [0, 0.05) is 19.1 Å². The van der Waals surface area contributed by atoms with E-state index in [4.69, 9.17) is 0 Å². The predicted molar refractivity (Wildman–Crippen MR) is 54.5 cm³/mol. The Kier molecular flexibility index (Phi) is 3.50. The van der Waals surface area contributed by atoms with Gasteiger partial charge in [-0.2, -0.15) is 0 Å². The third-order valence-electron chi connectivity index (χ3n) is 2.43. The maximum absolute atomic E-state index is 11.2. The molecule has 1 heterocycles. The Hall–Kier alpha value is -0.350. The summed E-state index contributed by atoms with van der Waals surface area (Å²) >= 11 is 0. The summed E-state index contributed by atoms with van der Waals surface area (Å²) in [5, 5.41) is 0. The lowest BCUT2D eigenvalue weighted by molar-refractivity contribution is 0.231. The summed E-state index contributed by atoms with van der Waals surface area (Å²) in [6.45, 7) is 7.23. The highest BCUT2D eigenvalue weighted by Gasteiger charge is 2.27. The molecule has 1 saturated heterocycles. The van der Waals surface area contributed by atoms with Gasteiger partial charge in [0.25, 0.3) is 0 Å². The SMILES string of the molecule is C=CCCN1CCS(=O)(=O)CC1C. The zero-order chi connectivity index (χ0) is 9.90. The van der Waals surface area contributed by atoms with E-state index in [0.717, 1.165) is 13.0 Å². The Morgan fingerprint density at radius 2 is 2.31 bits per heavy atom. The molecule has 0 saturated carbocycles. The normalized spacial score (nSPS) is 28.5. The minimum absolute atomic E-state index is 0.165. The molecule has 1 rings (SSSR count). The van der Waals surface area contributed by atoms with Gasteiger partial charge in [-0.1, -0.05) is 6.08 Å². The molecule has 1 atom stereocenters. The Balaban J connectivity index is 2.48. The van der Waals surface area contributed by atoms with Gasteiger partial charge in [-0.05, 0) is 13.3 Å². The van der Waals surface area contributed by atoms with Crippen molar-refractivity contribution >= 4 is 9.84 Å². The first-order valence-electron chi connectivity index (χ1n) is 4.60. The van der Waals surface area contributed by atoms with Crippen LogP contribution in [-0.2, 0) is 9.84 Å². The maximum Gasteiger partial charge on any atom is 0.153 e. The molecule has 0 aliphatic carbocycles. The highest BCUT2D eigenvalue weighted by atomic mass is 32.2. The zero-order valence-corrected chi connectivity index (χ0v) is 8.89. The van der Waals surface area contributed by atoms with Crippen LogP contribution in [-0.4, -0.2) is 44.0 Å². The lowest BCUT2D eigenvalue weighted by Gasteiger charge is -2.32. The Morgan fingerprint density at radius 3 is 2.85 bits per heavy atom. The fraction of sp³-hybridized carbons (Fsp3) is 0.778. The van der Waals surface area contributed by atoms with Gasteiger partial charge in [-0.15, -0.1) is 6.58 Å². The number of nitrogens with zero attached hydrogens (tertiary/aromatic N) is 1. The predicted octanol–water partition coefficient (Wildman–Crippen LogP) is 0.681. The van der Waals surface area contributed by atoms with Crippen LogP contribution in [0.2, 0.25) is 0 Å². The van der Waals surface area contributed by atoms with Crippen molar-refractivity contribution in [3.05, 3.63) is 12.7 Å². The Labute approximate surface area is 80.3 Å². The van der Waals surface area contributed by atoms with E-state index in [2.05, 4.69) is 11.5 Å². The summed E-state index contributed by atoms with van der Waals surface area (Å²) in [7, 11) is -2.76. The molecule has 0 amide bonds. The van der Waals surface area contributed by atoms with E-state index >= 15 is 0 Å². The summed E-state index contributed by atoms with van der Waals surface area (Å²) < 4.78 is 22.5. The molecule has 0 aromatic rings. The van der Waals surface area contributed by atoms with E-state index in [0.29, 0.717) is 18.1 Å². The first-order valence-corrected chi connectivity index (χ1v) is 6.42. The molecule has 13 heavy (non-hydrogen) atoms. The molecule has 1 unspecified atom stereocenters. The average Bonchev–Trinajstić information content (AvgIpc) is 2.02. The monoisotopic (exact) mass is 203 g/mol. The van der Waals surface area contributed by atoms with Crippen molar-refractivity contribution in [3.63, 3.8) is 0 Å². The molecule has 0 aromatic heterocycles. The van der Waals surface area contributed by atoms with E-state index in [1.54, 1.807) is 0 Å². The standard InChI is InChI=1S/C9H17NO2S/c1-3-4-5-10-6-7-13(11,12)8-9(10)2/h3,9H,1,4-8H2,2H3. The molecule has 0 radical (unpaired) electrons. The molecule has 0 aromatic carbocycles. The molecule has 3 nitrogen and oxygen atoms in total. The van der Waals surface area contributed by atoms with Gasteiger partial charge in [0.15, 0.2) is 9.84 Å². The molecule has 1 aliphatic rings. The highest BCUT2D eigenvalue weighted by Crippen LogP contribution is 2.11. The molecule has 0 bridgehead atoms. The van der Waals surface area contributed by atoms with Gasteiger partial charge in [0.05, 0.1) is 11.5 Å². The van der Waals surface area contributed by atoms with Gasteiger partial charge >= 0.3 is 0 Å². The van der Waals surface area contributed by atoms with Gasteiger partial charge in [-0.3, -0.25) is 4.90 Å². The fourth-order valence-corrected chi connectivity index (χ4v) is 3.25. The molecule has 76 valence electrons. The third kappa shape index (κ3) is 3.12. The molecule has 1 fully saturated rings. The van der Waals surface area contributed by atoms with E-state index in [1.165, 1.54) is 0 Å². The molecule has 0 N–H and O–H groups in total. The van der Waals surface area contributed by atoms with Gasteiger partial charge in [-0.25, -0.2) is 8.42 Å². The number of hydrogen-bond acceptors (Lipinski definition) is 3. The van der Waals surface area contributed by atoms with Crippen molar-refractivity contribution in [3.8, 4) is 0 Å². The molecular formula is C9H17NO2S. The van der Waals surface area contributed by atoms with Crippen molar-refractivity contribution in [2.45, 2.75) is 19.4 Å². The van der Waals surface area contributed by atoms with Crippen molar-refractivity contribution < 1.29 is 8.42 Å². The average molecular weight is 203 g/mol. The van der Waals surface area contributed by atoms with Crippen LogP contribution in [0.25, 0.3) is 0 Å². The number of sulfone groups is 1. The second kappa shape index (κ2) is 4.24. The molecule has 0 spiro atoms. The summed E-state index contributed by atoms with van der Waals surface area (Å²) in [5.41, 5.74) is 0. The second-order valence-electron chi connectivity index (χ2n) is 3.58. The number of rotatable bonds is 3. The van der Waals surface area contributed by atoms with Gasteiger partial charge in [0.1, 0.15) is 0 Å². The maximum atomic E-state index is 11.2.